The van der Waals surface area contributed by atoms with E-state index in [4.69, 9.17) is 11.6 Å². The van der Waals surface area contributed by atoms with E-state index in [1.54, 1.807) is 0 Å². The lowest BCUT2D eigenvalue weighted by atomic mass is 10.0. The lowest BCUT2D eigenvalue weighted by molar-refractivity contribution is -0.141. The number of halogens is 4. The minimum Gasteiger partial charge on any atom is -0.469 e. The molecule has 0 saturated carbocycles. The van der Waals surface area contributed by atoms with Crippen molar-refractivity contribution >= 4 is 23.5 Å². The summed E-state index contributed by atoms with van der Waals surface area (Å²) in [7, 11) is 1.15. The summed E-state index contributed by atoms with van der Waals surface area (Å²) in [5, 5.41) is 2.39. The number of ether oxygens (including phenoxy) is 1. The fourth-order valence-corrected chi connectivity index (χ4v) is 1.74. The van der Waals surface area contributed by atoms with Crippen molar-refractivity contribution in [2.45, 2.75) is 18.6 Å². The molecule has 4 nitrogen and oxygen atoms in total. The molecule has 1 amide bonds. The van der Waals surface area contributed by atoms with Gasteiger partial charge < -0.3 is 10.1 Å². The predicted molar refractivity (Wildman–Crippen MR) is 69.7 cm³/mol. The van der Waals surface area contributed by atoms with Gasteiger partial charge in [0.15, 0.2) is 0 Å². The number of carbonyl (C=O) groups is 2. The van der Waals surface area contributed by atoms with Crippen molar-refractivity contribution in [2.24, 2.45) is 0 Å². The highest BCUT2D eigenvalue weighted by molar-refractivity contribution is 6.27. The normalized spacial score (nSPS) is 12.6. The first-order chi connectivity index (χ1) is 9.77. The fourth-order valence-electron chi connectivity index (χ4n) is 1.67. The summed E-state index contributed by atoms with van der Waals surface area (Å²) in [4.78, 5) is 22.6. The molecule has 1 aromatic rings. The van der Waals surface area contributed by atoms with E-state index in [9.17, 15) is 22.8 Å². The first-order valence-corrected chi connectivity index (χ1v) is 6.40. The van der Waals surface area contributed by atoms with Gasteiger partial charge in [-0.05, 0) is 17.7 Å². The Hall–Kier alpha value is -1.76. The second-order valence-corrected chi connectivity index (χ2v) is 4.42. The molecule has 0 bridgehead atoms. The van der Waals surface area contributed by atoms with E-state index in [2.05, 4.69) is 10.1 Å². The Kier molecular flexibility index (Phi) is 6.02. The predicted octanol–water partition coefficient (Wildman–Crippen LogP) is 2.66. The summed E-state index contributed by atoms with van der Waals surface area (Å²) in [5.41, 5.74) is -0.719. The van der Waals surface area contributed by atoms with Crippen molar-refractivity contribution in [1.29, 1.82) is 0 Å². The second kappa shape index (κ2) is 7.31. The number of nitrogens with one attached hydrogen (secondary N) is 1. The Labute approximate surface area is 124 Å². The van der Waals surface area contributed by atoms with Gasteiger partial charge in [-0.1, -0.05) is 12.1 Å². The number of hydrogen-bond acceptors (Lipinski definition) is 3. The Bertz CT molecular complexity index is 502. The van der Waals surface area contributed by atoms with Crippen LogP contribution in [-0.4, -0.2) is 24.9 Å². The van der Waals surface area contributed by atoms with Crippen molar-refractivity contribution < 1.29 is 27.5 Å². The van der Waals surface area contributed by atoms with Gasteiger partial charge in [-0.3, -0.25) is 9.59 Å². The minimum absolute atomic E-state index is 0.147. The molecule has 0 aliphatic heterocycles. The van der Waals surface area contributed by atoms with Crippen LogP contribution in [0.15, 0.2) is 24.3 Å². The highest BCUT2D eigenvalue weighted by Gasteiger charge is 2.31. The SMILES string of the molecule is COC(=O)CC(NC(=O)CCl)c1cccc(C(F)(F)F)c1. The molecule has 1 rings (SSSR count). The van der Waals surface area contributed by atoms with Crippen LogP contribution in [0.1, 0.15) is 23.6 Å². The third-order valence-electron chi connectivity index (χ3n) is 2.67. The van der Waals surface area contributed by atoms with Crippen LogP contribution in [0, 0.1) is 0 Å². The van der Waals surface area contributed by atoms with Crippen LogP contribution >= 0.6 is 11.6 Å². The zero-order chi connectivity index (χ0) is 16.0. The van der Waals surface area contributed by atoms with Gasteiger partial charge in [0.2, 0.25) is 5.91 Å². The molecule has 1 atom stereocenters. The summed E-state index contributed by atoms with van der Waals surface area (Å²) >= 11 is 5.35. The van der Waals surface area contributed by atoms with Gasteiger partial charge in [-0.2, -0.15) is 13.2 Å². The van der Waals surface area contributed by atoms with E-state index < -0.39 is 29.7 Å². The van der Waals surface area contributed by atoms with Gasteiger partial charge in [-0.15, -0.1) is 11.6 Å². The van der Waals surface area contributed by atoms with E-state index in [0.29, 0.717) is 0 Å². The molecule has 0 heterocycles. The summed E-state index contributed by atoms with van der Waals surface area (Å²) < 4.78 is 42.5. The molecule has 1 unspecified atom stereocenters. The maximum Gasteiger partial charge on any atom is 0.416 e. The maximum absolute atomic E-state index is 12.7. The highest BCUT2D eigenvalue weighted by Crippen LogP contribution is 2.31. The Morgan fingerprint density at radius 1 is 1.38 bits per heavy atom. The van der Waals surface area contributed by atoms with Crippen molar-refractivity contribution in [3.63, 3.8) is 0 Å². The van der Waals surface area contributed by atoms with Crippen LogP contribution in [0.5, 0.6) is 0 Å². The highest BCUT2D eigenvalue weighted by atomic mass is 35.5. The molecule has 0 aliphatic rings. The molecule has 116 valence electrons. The van der Waals surface area contributed by atoms with E-state index in [0.717, 1.165) is 19.2 Å². The van der Waals surface area contributed by atoms with Gasteiger partial charge >= 0.3 is 12.1 Å². The van der Waals surface area contributed by atoms with E-state index in [1.165, 1.54) is 12.1 Å². The van der Waals surface area contributed by atoms with Crippen molar-refractivity contribution in [3.05, 3.63) is 35.4 Å². The first kappa shape index (κ1) is 17.3. The zero-order valence-electron chi connectivity index (χ0n) is 11.0. The number of benzene rings is 1. The van der Waals surface area contributed by atoms with Gasteiger partial charge in [0, 0.05) is 0 Å². The molecule has 0 saturated heterocycles. The maximum atomic E-state index is 12.7. The molecule has 0 fully saturated rings. The van der Waals surface area contributed by atoms with Crippen LogP contribution in [0.2, 0.25) is 0 Å². The molecular weight excluding hydrogens is 311 g/mol. The number of alkyl halides is 4. The quantitative estimate of drug-likeness (QED) is 0.669. The van der Waals surface area contributed by atoms with Crippen LogP contribution < -0.4 is 5.32 Å². The number of hydrogen-bond donors (Lipinski definition) is 1. The topological polar surface area (TPSA) is 55.4 Å². The number of rotatable bonds is 5. The average molecular weight is 324 g/mol. The van der Waals surface area contributed by atoms with Gasteiger partial charge in [0.1, 0.15) is 5.88 Å². The Morgan fingerprint density at radius 3 is 2.57 bits per heavy atom. The standard InChI is InChI=1S/C13H13ClF3NO3/c1-21-12(20)6-10(18-11(19)7-14)8-3-2-4-9(5-8)13(15,16)17/h2-5,10H,6-7H2,1H3,(H,18,19). The fraction of sp³-hybridized carbons (Fsp3) is 0.385. The molecule has 21 heavy (non-hydrogen) atoms. The van der Waals surface area contributed by atoms with Crippen LogP contribution in [0.3, 0.4) is 0 Å². The van der Waals surface area contributed by atoms with Gasteiger partial charge in [-0.25, -0.2) is 0 Å². The summed E-state index contributed by atoms with van der Waals surface area (Å²) in [6.07, 6.45) is -4.80. The molecule has 8 heteroatoms. The second-order valence-electron chi connectivity index (χ2n) is 4.16. The number of amides is 1. The summed E-state index contributed by atoms with van der Waals surface area (Å²) in [6.45, 7) is 0. The van der Waals surface area contributed by atoms with Crippen molar-refractivity contribution in [3.8, 4) is 0 Å². The first-order valence-electron chi connectivity index (χ1n) is 5.87. The van der Waals surface area contributed by atoms with Crippen LogP contribution in [0.4, 0.5) is 13.2 Å². The number of methoxy groups -OCH3 is 1. The monoisotopic (exact) mass is 323 g/mol. The molecule has 0 aromatic heterocycles. The summed E-state index contributed by atoms with van der Waals surface area (Å²) in [5.74, 6) is -1.62. The largest absolute Gasteiger partial charge is 0.469 e. The third kappa shape index (κ3) is 5.26. The third-order valence-corrected chi connectivity index (χ3v) is 2.91. The minimum atomic E-state index is -4.51. The lowest BCUT2D eigenvalue weighted by Gasteiger charge is -2.19. The van der Waals surface area contributed by atoms with Crippen molar-refractivity contribution in [2.75, 3.05) is 13.0 Å². The molecule has 1 N–H and O–H groups in total. The number of esters is 1. The molecule has 1 aromatic carbocycles. The van der Waals surface area contributed by atoms with Crippen LogP contribution in [0.25, 0.3) is 0 Å². The van der Waals surface area contributed by atoms with E-state index >= 15 is 0 Å². The van der Waals surface area contributed by atoms with E-state index in [-0.39, 0.29) is 17.9 Å². The Balaban J connectivity index is 3.07. The van der Waals surface area contributed by atoms with E-state index in [1.807, 2.05) is 0 Å². The number of carbonyl (C=O) groups excluding carboxylic acids is 2. The molecular formula is C13H13ClF3NO3. The van der Waals surface area contributed by atoms with Crippen LogP contribution in [-0.2, 0) is 20.5 Å². The molecule has 0 spiro atoms. The smallest absolute Gasteiger partial charge is 0.416 e. The average Bonchev–Trinajstić information content (AvgIpc) is 2.45. The Morgan fingerprint density at radius 2 is 2.05 bits per heavy atom. The van der Waals surface area contributed by atoms with Gasteiger partial charge in [0.05, 0.1) is 25.1 Å². The summed E-state index contributed by atoms with van der Waals surface area (Å²) in [6, 6.07) is 3.43. The van der Waals surface area contributed by atoms with Gasteiger partial charge in [0.25, 0.3) is 0 Å². The lowest BCUT2D eigenvalue weighted by Crippen LogP contribution is -2.31. The zero-order valence-corrected chi connectivity index (χ0v) is 11.8. The molecule has 0 radical (unpaired) electrons. The molecule has 0 aliphatic carbocycles. The van der Waals surface area contributed by atoms with Crippen molar-refractivity contribution in [1.82, 2.24) is 5.32 Å².